The number of esters is 1. The Kier molecular flexibility index (Phi) is 4.51. The minimum atomic E-state index is -0.959. The standard InChI is InChI=1S/C20H14N2O6S/c1-27-19(23)16-14(10-5-4-6-11(9-10)22(25)26)15-17(28-18(16)21)12-7-2-3-8-13(12)29-20(15)24/h2-9,14H,21H2,1H3. The van der Waals surface area contributed by atoms with E-state index in [1.165, 1.54) is 25.3 Å². The molecule has 3 aromatic rings. The first-order chi connectivity index (χ1) is 13.9. The van der Waals surface area contributed by atoms with Crippen LogP contribution in [0.2, 0.25) is 0 Å². The first-order valence-corrected chi connectivity index (χ1v) is 9.30. The number of nitro benzene ring substituents is 1. The van der Waals surface area contributed by atoms with Gasteiger partial charge in [0.15, 0.2) is 0 Å². The van der Waals surface area contributed by atoms with Crippen LogP contribution in [-0.4, -0.2) is 18.0 Å². The fraction of sp³-hybridized carbons (Fsp3) is 0.100. The van der Waals surface area contributed by atoms with Crippen LogP contribution in [0.5, 0.6) is 5.75 Å². The Labute approximate surface area is 167 Å². The van der Waals surface area contributed by atoms with Gasteiger partial charge in [0.1, 0.15) is 11.3 Å². The number of carbonyl (C=O) groups excluding carboxylic acids is 1. The van der Waals surface area contributed by atoms with Gasteiger partial charge in [0.05, 0.1) is 23.5 Å². The van der Waals surface area contributed by atoms with E-state index in [1.807, 2.05) is 0 Å². The van der Waals surface area contributed by atoms with Crippen molar-refractivity contribution in [1.82, 2.24) is 0 Å². The van der Waals surface area contributed by atoms with Gasteiger partial charge in [-0.2, -0.15) is 0 Å². The largest absolute Gasteiger partial charge is 0.465 e. The fourth-order valence-corrected chi connectivity index (χ4v) is 4.36. The molecule has 0 saturated heterocycles. The molecule has 2 heterocycles. The summed E-state index contributed by atoms with van der Waals surface area (Å²) in [4.78, 5) is 36.2. The molecule has 1 unspecified atom stereocenters. The van der Waals surface area contributed by atoms with Crippen LogP contribution in [0.4, 0.5) is 5.69 Å². The third-order valence-electron chi connectivity index (χ3n) is 4.67. The van der Waals surface area contributed by atoms with Crippen LogP contribution < -0.4 is 15.2 Å². The maximum atomic E-state index is 13.0. The summed E-state index contributed by atoms with van der Waals surface area (Å²) in [6, 6.07) is 12.9. The van der Waals surface area contributed by atoms with Crippen molar-refractivity contribution in [3.63, 3.8) is 0 Å². The van der Waals surface area contributed by atoms with Crippen LogP contribution >= 0.6 is 11.3 Å². The van der Waals surface area contributed by atoms with Crippen LogP contribution in [0.3, 0.4) is 0 Å². The lowest BCUT2D eigenvalue weighted by Gasteiger charge is -2.28. The monoisotopic (exact) mass is 410 g/mol. The number of hydrogen-bond donors (Lipinski definition) is 1. The van der Waals surface area contributed by atoms with Crippen LogP contribution in [0, 0.1) is 10.1 Å². The number of non-ortho nitro benzene ring substituents is 1. The first-order valence-electron chi connectivity index (χ1n) is 8.48. The number of fused-ring (bicyclic) bond motifs is 3. The molecule has 0 aliphatic carbocycles. The minimum absolute atomic E-state index is 0.0694. The van der Waals surface area contributed by atoms with Crippen LogP contribution in [-0.2, 0) is 9.53 Å². The van der Waals surface area contributed by atoms with Gasteiger partial charge in [-0.15, -0.1) is 0 Å². The van der Waals surface area contributed by atoms with Gasteiger partial charge >= 0.3 is 5.97 Å². The molecule has 146 valence electrons. The molecule has 2 aromatic carbocycles. The van der Waals surface area contributed by atoms with Gasteiger partial charge in [-0.25, -0.2) is 4.79 Å². The molecule has 0 saturated carbocycles. The molecule has 1 aliphatic heterocycles. The number of benzene rings is 2. The van der Waals surface area contributed by atoms with Crippen LogP contribution in [0.25, 0.3) is 10.1 Å². The van der Waals surface area contributed by atoms with Crippen molar-refractivity contribution >= 4 is 33.1 Å². The molecule has 0 bridgehead atoms. The number of methoxy groups -OCH3 is 1. The Bertz CT molecular complexity index is 1260. The molecule has 0 spiro atoms. The molecule has 2 N–H and O–H groups in total. The highest BCUT2D eigenvalue weighted by Crippen LogP contribution is 2.45. The zero-order valence-electron chi connectivity index (χ0n) is 15.1. The van der Waals surface area contributed by atoms with Crippen molar-refractivity contribution in [2.45, 2.75) is 5.92 Å². The summed E-state index contributed by atoms with van der Waals surface area (Å²) in [5, 5.41) is 11.9. The summed E-state index contributed by atoms with van der Waals surface area (Å²) < 4.78 is 10.9. The molecule has 1 aromatic heterocycles. The third kappa shape index (κ3) is 3.01. The summed E-state index contributed by atoms with van der Waals surface area (Å²) in [7, 11) is 1.18. The van der Waals surface area contributed by atoms with E-state index < -0.39 is 16.8 Å². The van der Waals surface area contributed by atoms with E-state index in [4.69, 9.17) is 15.2 Å². The van der Waals surface area contributed by atoms with Gasteiger partial charge in [-0.1, -0.05) is 35.6 Å². The lowest BCUT2D eigenvalue weighted by Crippen LogP contribution is -2.30. The van der Waals surface area contributed by atoms with Crippen molar-refractivity contribution < 1.29 is 19.2 Å². The second kappa shape index (κ2) is 7.02. The highest BCUT2D eigenvalue weighted by molar-refractivity contribution is 7.16. The van der Waals surface area contributed by atoms with E-state index in [0.717, 1.165) is 11.3 Å². The predicted molar refractivity (Wildman–Crippen MR) is 107 cm³/mol. The number of nitrogens with zero attached hydrogens (tertiary/aromatic N) is 1. The first kappa shape index (κ1) is 18.6. The Morgan fingerprint density at radius 1 is 1.24 bits per heavy atom. The second-order valence-corrected chi connectivity index (χ2v) is 7.30. The number of nitrogens with two attached hydrogens (primary N) is 1. The van der Waals surface area contributed by atoms with Gasteiger partial charge in [-0.05, 0) is 17.7 Å². The van der Waals surface area contributed by atoms with E-state index in [-0.39, 0.29) is 33.2 Å². The molecule has 1 atom stereocenters. The molecular weight excluding hydrogens is 396 g/mol. The smallest absolute Gasteiger partial charge is 0.340 e. The Balaban J connectivity index is 2.07. The average molecular weight is 410 g/mol. The number of hydrogen-bond acceptors (Lipinski definition) is 8. The van der Waals surface area contributed by atoms with Gasteiger partial charge < -0.3 is 15.2 Å². The highest BCUT2D eigenvalue weighted by atomic mass is 32.1. The lowest BCUT2D eigenvalue weighted by molar-refractivity contribution is -0.384. The summed E-state index contributed by atoms with van der Waals surface area (Å²) in [6.07, 6.45) is 0. The van der Waals surface area contributed by atoms with Gasteiger partial charge in [-0.3, -0.25) is 14.9 Å². The number of nitro groups is 1. The molecular formula is C20H14N2O6S. The Morgan fingerprint density at radius 3 is 2.72 bits per heavy atom. The van der Waals surface area contributed by atoms with Crippen molar-refractivity contribution in [1.29, 1.82) is 0 Å². The SMILES string of the molecule is COC(=O)C1=C(N)Oc2c(c(=O)sc3ccccc23)C1c1cccc([N+](=O)[O-])c1. The molecule has 1 aliphatic rings. The van der Waals surface area contributed by atoms with Crippen molar-refractivity contribution in [2.75, 3.05) is 7.11 Å². The number of ether oxygens (including phenoxy) is 2. The van der Waals surface area contributed by atoms with Gasteiger partial charge in [0.2, 0.25) is 10.6 Å². The van der Waals surface area contributed by atoms with E-state index in [2.05, 4.69) is 0 Å². The summed E-state index contributed by atoms with van der Waals surface area (Å²) >= 11 is 1.00. The predicted octanol–water partition coefficient (Wildman–Crippen LogP) is 3.04. The lowest BCUT2D eigenvalue weighted by atomic mass is 9.83. The topological polar surface area (TPSA) is 122 Å². The van der Waals surface area contributed by atoms with E-state index >= 15 is 0 Å². The fourth-order valence-electron chi connectivity index (χ4n) is 3.43. The molecule has 0 amide bonds. The quantitative estimate of drug-likeness (QED) is 0.400. The van der Waals surface area contributed by atoms with E-state index in [1.54, 1.807) is 30.3 Å². The Morgan fingerprint density at radius 2 is 2.00 bits per heavy atom. The third-order valence-corrected chi connectivity index (χ3v) is 5.65. The molecule has 0 radical (unpaired) electrons. The van der Waals surface area contributed by atoms with Gasteiger partial charge in [0.25, 0.3) is 5.69 Å². The Hall–Kier alpha value is -3.72. The maximum absolute atomic E-state index is 13.0. The number of rotatable bonds is 3. The van der Waals surface area contributed by atoms with Crippen LogP contribution in [0.15, 0.2) is 64.8 Å². The molecule has 9 heteroatoms. The van der Waals surface area contributed by atoms with Gasteiger partial charge in [0, 0.05) is 22.2 Å². The summed E-state index contributed by atoms with van der Waals surface area (Å²) in [6.45, 7) is 0. The zero-order valence-corrected chi connectivity index (χ0v) is 15.9. The summed E-state index contributed by atoms with van der Waals surface area (Å²) in [5.74, 6) is -1.70. The van der Waals surface area contributed by atoms with Crippen molar-refractivity contribution in [3.05, 3.63) is 90.8 Å². The number of carbonyl (C=O) groups is 1. The molecule has 0 fully saturated rings. The second-order valence-electron chi connectivity index (χ2n) is 6.29. The minimum Gasteiger partial charge on any atom is -0.465 e. The van der Waals surface area contributed by atoms with Crippen molar-refractivity contribution in [3.8, 4) is 5.75 Å². The summed E-state index contributed by atoms with van der Waals surface area (Å²) in [5.41, 5.74) is 6.39. The van der Waals surface area contributed by atoms with Crippen LogP contribution in [0.1, 0.15) is 17.0 Å². The maximum Gasteiger partial charge on any atom is 0.340 e. The van der Waals surface area contributed by atoms with Crippen molar-refractivity contribution in [2.24, 2.45) is 5.73 Å². The highest BCUT2D eigenvalue weighted by Gasteiger charge is 2.38. The van der Waals surface area contributed by atoms with E-state index in [9.17, 15) is 19.7 Å². The normalized spacial score (nSPS) is 15.6. The molecule has 4 rings (SSSR count). The van der Waals surface area contributed by atoms with E-state index in [0.29, 0.717) is 15.6 Å². The average Bonchev–Trinajstić information content (AvgIpc) is 2.72. The zero-order chi connectivity index (χ0) is 20.7. The molecule has 29 heavy (non-hydrogen) atoms. The molecule has 8 nitrogen and oxygen atoms in total.